The van der Waals surface area contributed by atoms with Gasteiger partial charge in [-0.15, -0.1) is 0 Å². The summed E-state index contributed by atoms with van der Waals surface area (Å²) in [5.41, 5.74) is 0.997. The zero-order chi connectivity index (χ0) is 15.1. The zero-order valence-corrected chi connectivity index (χ0v) is 12.4. The number of rotatable bonds is 7. The fourth-order valence-electron chi connectivity index (χ4n) is 2.56. The van der Waals surface area contributed by atoms with Crippen LogP contribution in [0.5, 0.6) is 0 Å². The van der Waals surface area contributed by atoms with E-state index in [2.05, 4.69) is 0 Å². The molecule has 21 heavy (non-hydrogen) atoms. The van der Waals surface area contributed by atoms with E-state index in [9.17, 15) is 9.59 Å². The quantitative estimate of drug-likeness (QED) is 0.724. The average molecular weight is 290 g/mol. The SMILES string of the molecule is CCOC(=O)C1CC(CCC(=O)OCc2ccccc2)C1. The number of esters is 2. The number of ether oxygens (including phenoxy) is 2. The van der Waals surface area contributed by atoms with Crippen LogP contribution in [0.4, 0.5) is 0 Å². The zero-order valence-electron chi connectivity index (χ0n) is 12.4. The van der Waals surface area contributed by atoms with E-state index < -0.39 is 0 Å². The van der Waals surface area contributed by atoms with Gasteiger partial charge in [0.05, 0.1) is 12.5 Å². The maximum atomic E-state index is 11.7. The van der Waals surface area contributed by atoms with Crippen molar-refractivity contribution < 1.29 is 19.1 Å². The third-order valence-corrected chi connectivity index (χ3v) is 3.85. The van der Waals surface area contributed by atoms with Crippen LogP contribution < -0.4 is 0 Å². The van der Waals surface area contributed by atoms with Crippen molar-refractivity contribution >= 4 is 11.9 Å². The van der Waals surface area contributed by atoms with Gasteiger partial charge < -0.3 is 9.47 Å². The van der Waals surface area contributed by atoms with Gasteiger partial charge in [0.25, 0.3) is 0 Å². The Kier molecular flexibility index (Phi) is 5.78. The average Bonchev–Trinajstić information content (AvgIpc) is 2.45. The summed E-state index contributed by atoms with van der Waals surface area (Å²) in [5, 5.41) is 0. The molecule has 0 radical (unpaired) electrons. The lowest BCUT2D eigenvalue weighted by atomic mass is 9.73. The molecule has 0 unspecified atom stereocenters. The summed E-state index contributed by atoms with van der Waals surface area (Å²) in [6.07, 6.45) is 2.90. The Labute approximate surface area is 125 Å². The normalized spacial score (nSPS) is 20.4. The van der Waals surface area contributed by atoms with Crippen molar-refractivity contribution in [3.05, 3.63) is 35.9 Å². The van der Waals surface area contributed by atoms with Crippen LogP contribution in [0.1, 0.15) is 38.2 Å². The Hall–Kier alpha value is -1.84. The topological polar surface area (TPSA) is 52.6 Å². The van der Waals surface area contributed by atoms with Crippen LogP contribution in [0.25, 0.3) is 0 Å². The first-order valence-electron chi connectivity index (χ1n) is 7.55. The lowest BCUT2D eigenvalue weighted by molar-refractivity contribution is -0.153. The van der Waals surface area contributed by atoms with E-state index in [4.69, 9.17) is 9.47 Å². The molecule has 2 rings (SSSR count). The van der Waals surface area contributed by atoms with Gasteiger partial charge in [0.15, 0.2) is 0 Å². The smallest absolute Gasteiger partial charge is 0.308 e. The van der Waals surface area contributed by atoms with Crippen molar-refractivity contribution in [3.8, 4) is 0 Å². The predicted molar refractivity (Wildman–Crippen MR) is 78.3 cm³/mol. The molecular formula is C17H22O4. The maximum Gasteiger partial charge on any atom is 0.308 e. The lowest BCUT2D eigenvalue weighted by Gasteiger charge is -2.33. The highest BCUT2D eigenvalue weighted by molar-refractivity contribution is 5.73. The Morgan fingerprint density at radius 2 is 1.86 bits per heavy atom. The monoisotopic (exact) mass is 290 g/mol. The molecule has 1 aromatic carbocycles. The molecule has 1 fully saturated rings. The first kappa shape index (κ1) is 15.5. The standard InChI is InChI=1S/C17H22O4/c1-2-20-17(19)15-10-14(11-15)8-9-16(18)21-12-13-6-4-3-5-7-13/h3-7,14-15H,2,8-12H2,1H3. The number of hydrogen-bond donors (Lipinski definition) is 0. The van der Waals surface area contributed by atoms with Gasteiger partial charge in [0, 0.05) is 6.42 Å². The molecule has 0 aromatic heterocycles. The number of carbonyl (C=O) groups excluding carboxylic acids is 2. The van der Waals surface area contributed by atoms with Gasteiger partial charge in [-0.2, -0.15) is 0 Å². The number of benzene rings is 1. The van der Waals surface area contributed by atoms with Crippen molar-refractivity contribution in [2.75, 3.05) is 6.61 Å². The molecule has 1 saturated carbocycles. The van der Waals surface area contributed by atoms with Gasteiger partial charge in [0.2, 0.25) is 0 Å². The Bertz CT molecular complexity index is 463. The maximum absolute atomic E-state index is 11.7. The van der Waals surface area contributed by atoms with E-state index in [1.54, 1.807) is 0 Å². The van der Waals surface area contributed by atoms with E-state index in [0.717, 1.165) is 24.8 Å². The van der Waals surface area contributed by atoms with E-state index in [1.165, 1.54) is 0 Å². The minimum atomic E-state index is -0.168. The van der Waals surface area contributed by atoms with Crippen LogP contribution in [0.2, 0.25) is 0 Å². The molecule has 0 bridgehead atoms. The largest absolute Gasteiger partial charge is 0.466 e. The fraction of sp³-hybridized carbons (Fsp3) is 0.529. The summed E-state index contributed by atoms with van der Waals surface area (Å²) in [5.74, 6) is 0.220. The summed E-state index contributed by atoms with van der Waals surface area (Å²) >= 11 is 0. The minimum Gasteiger partial charge on any atom is -0.466 e. The molecule has 1 aromatic rings. The second-order valence-corrected chi connectivity index (χ2v) is 5.47. The molecule has 0 amide bonds. The van der Waals surface area contributed by atoms with Gasteiger partial charge in [0.1, 0.15) is 6.61 Å². The molecule has 4 nitrogen and oxygen atoms in total. The summed E-state index contributed by atoms with van der Waals surface area (Å²) in [6.45, 7) is 2.58. The lowest BCUT2D eigenvalue weighted by Crippen LogP contribution is -2.32. The van der Waals surface area contributed by atoms with Crippen LogP contribution >= 0.6 is 0 Å². The molecule has 0 heterocycles. The predicted octanol–water partition coefficient (Wildman–Crippen LogP) is 3.10. The molecular weight excluding hydrogens is 268 g/mol. The van der Waals surface area contributed by atoms with Crippen LogP contribution in [0, 0.1) is 11.8 Å². The van der Waals surface area contributed by atoms with E-state index >= 15 is 0 Å². The van der Waals surface area contributed by atoms with Gasteiger partial charge in [-0.05, 0) is 37.7 Å². The second-order valence-electron chi connectivity index (χ2n) is 5.47. The van der Waals surface area contributed by atoms with E-state index in [0.29, 0.717) is 25.6 Å². The summed E-state index contributed by atoms with van der Waals surface area (Å²) < 4.78 is 10.2. The number of hydrogen-bond acceptors (Lipinski definition) is 4. The Morgan fingerprint density at radius 1 is 1.14 bits per heavy atom. The molecule has 0 aliphatic heterocycles. The first-order chi connectivity index (χ1) is 10.2. The van der Waals surface area contributed by atoms with Crippen molar-refractivity contribution in [1.29, 1.82) is 0 Å². The molecule has 0 atom stereocenters. The van der Waals surface area contributed by atoms with E-state index in [-0.39, 0.29) is 17.9 Å². The van der Waals surface area contributed by atoms with Crippen molar-refractivity contribution in [2.24, 2.45) is 11.8 Å². The molecule has 114 valence electrons. The summed E-state index contributed by atoms with van der Waals surface area (Å²) in [4.78, 5) is 23.1. The van der Waals surface area contributed by atoms with Crippen LogP contribution in [0.3, 0.4) is 0 Å². The van der Waals surface area contributed by atoms with Crippen molar-refractivity contribution in [3.63, 3.8) is 0 Å². The van der Waals surface area contributed by atoms with Crippen LogP contribution in [-0.2, 0) is 25.7 Å². The molecule has 0 N–H and O–H groups in total. The molecule has 1 aliphatic rings. The third kappa shape index (κ3) is 4.88. The second kappa shape index (κ2) is 7.81. The molecule has 4 heteroatoms. The van der Waals surface area contributed by atoms with Gasteiger partial charge in [-0.25, -0.2) is 0 Å². The van der Waals surface area contributed by atoms with E-state index in [1.807, 2.05) is 37.3 Å². The highest BCUT2D eigenvalue weighted by atomic mass is 16.5. The first-order valence-corrected chi connectivity index (χ1v) is 7.55. The molecule has 0 spiro atoms. The fourth-order valence-corrected chi connectivity index (χ4v) is 2.56. The van der Waals surface area contributed by atoms with Crippen molar-refractivity contribution in [2.45, 2.75) is 39.2 Å². The summed E-state index contributed by atoms with van der Waals surface area (Å²) in [6, 6.07) is 9.65. The van der Waals surface area contributed by atoms with Gasteiger partial charge >= 0.3 is 11.9 Å². The van der Waals surface area contributed by atoms with Gasteiger partial charge in [-0.1, -0.05) is 30.3 Å². The Morgan fingerprint density at radius 3 is 2.52 bits per heavy atom. The highest BCUT2D eigenvalue weighted by Gasteiger charge is 2.35. The Balaban J connectivity index is 1.57. The molecule has 0 saturated heterocycles. The highest BCUT2D eigenvalue weighted by Crippen LogP contribution is 2.37. The van der Waals surface area contributed by atoms with Crippen LogP contribution in [0.15, 0.2) is 30.3 Å². The third-order valence-electron chi connectivity index (χ3n) is 3.85. The van der Waals surface area contributed by atoms with Gasteiger partial charge in [-0.3, -0.25) is 9.59 Å². The minimum absolute atomic E-state index is 0.0373. The van der Waals surface area contributed by atoms with Crippen LogP contribution in [-0.4, -0.2) is 18.5 Å². The number of carbonyl (C=O) groups is 2. The molecule has 1 aliphatic carbocycles. The summed E-state index contributed by atoms with van der Waals surface area (Å²) in [7, 11) is 0. The van der Waals surface area contributed by atoms with Crippen molar-refractivity contribution in [1.82, 2.24) is 0 Å².